The summed E-state index contributed by atoms with van der Waals surface area (Å²) >= 11 is 1.74. The van der Waals surface area contributed by atoms with Crippen molar-refractivity contribution in [2.45, 2.75) is 40.2 Å². The second-order valence-corrected chi connectivity index (χ2v) is 6.54. The van der Waals surface area contributed by atoms with Crippen LogP contribution in [0.15, 0.2) is 4.99 Å². The molecule has 7 heteroatoms. The molecule has 0 radical (unpaired) electrons. The maximum absolute atomic E-state index is 4.44. The molecule has 0 spiro atoms. The van der Waals surface area contributed by atoms with Crippen molar-refractivity contribution in [1.29, 1.82) is 0 Å². The molecule has 0 unspecified atom stereocenters. The van der Waals surface area contributed by atoms with Gasteiger partial charge in [0.1, 0.15) is 0 Å². The Labute approximate surface area is 156 Å². The highest BCUT2D eigenvalue weighted by Crippen LogP contribution is 2.16. The van der Waals surface area contributed by atoms with Crippen LogP contribution in [0, 0.1) is 13.8 Å². The van der Waals surface area contributed by atoms with E-state index < -0.39 is 0 Å². The van der Waals surface area contributed by atoms with Crippen LogP contribution < -0.4 is 10.6 Å². The third-order valence-electron chi connectivity index (χ3n) is 3.32. The Morgan fingerprint density at radius 3 is 2.55 bits per heavy atom. The van der Waals surface area contributed by atoms with E-state index in [1.54, 1.807) is 18.4 Å². The van der Waals surface area contributed by atoms with E-state index in [9.17, 15) is 0 Å². The average molecular weight is 439 g/mol. The predicted octanol–water partition coefficient (Wildman–Crippen LogP) is 2.77. The van der Waals surface area contributed by atoms with Crippen LogP contribution >= 0.6 is 35.3 Å². The number of rotatable bonds is 8. The van der Waals surface area contributed by atoms with Crippen molar-refractivity contribution in [2.24, 2.45) is 4.99 Å². The van der Waals surface area contributed by atoms with E-state index in [0.29, 0.717) is 0 Å². The van der Waals surface area contributed by atoms with E-state index in [1.807, 2.05) is 6.92 Å². The van der Waals surface area contributed by atoms with Gasteiger partial charge in [0.2, 0.25) is 0 Å². The topological polar surface area (TPSA) is 52.5 Å². The van der Waals surface area contributed by atoms with Gasteiger partial charge in [-0.2, -0.15) is 0 Å². The quantitative estimate of drug-likeness (QED) is 0.372. The zero-order valence-corrected chi connectivity index (χ0v) is 17.5. The van der Waals surface area contributed by atoms with E-state index in [0.717, 1.165) is 42.8 Å². The summed E-state index contributed by atoms with van der Waals surface area (Å²) in [7, 11) is 3.97. The van der Waals surface area contributed by atoms with Crippen LogP contribution in [0.5, 0.6) is 0 Å². The minimum atomic E-state index is 0. The molecule has 0 aliphatic heterocycles. The van der Waals surface area contributed by atoms with Gasteiger partial charge >= 0.3 is 0 Å². The fourth-order valence-corrected chi connectivity index (χ4v) is 2.90. The predicted molar refractivity (Wildman–Crippen MR) is 108 cm³/mol. The lowest BCUT2D eigenvalue weighted by Gasteiger charge is -2.17. The number of guanidine groups is 1. The van der Waals surface area contributed by atoms with Crippen LogP contribution in [0.4, 0.5) is 0 Å². The molecule has 22 heavy (non-hydrogen) atoms. The Hall–Kier alpha value is -0.410. The molecule has 0 aliphatic rings. The highest BCUT2D eigenvalue weighted by Gasteiger charge is 2.06. The number of thiazole rings is 1. The summed E-state index contributed by atoms with van der Waals surface area (Å²) in [6.07, 6.45) is 2.50. The zero-order chi connectivity index (χ0) is 15.7. The molecule has 1 rings (SSSR count). The Morgan fingerprint density at radius 2 is 2.00 bits per heavy atom. The molecular weight excluding hydrogens is 409 g/mol. The van der Waals surface area contributed by atoms with Crippen LogP contribution in [0.3, 0.4) is 0 Å². The molecule has 1 heterocycles. The number of aliphatic imine (C=N–C) groups is 1. The standard InChI is InChI=1S/C15H29N5S.HI/c1-6-7-9-20(5)10-8-17-15(16-4)18-11-14-12(2)19-13(3)21-14;/h6-11H2,1-5H3,(H2,16,17,18);1H. The highest BCUT2D eigenvalue weighted by molar-refractivity contribution is 14.0. The van der Waals surface area contributed by atoms with E-state index in [-0.39, 0.29) is 24.0 Å². The monoisotopic (exact) mass is 439 g/mol. The maximum atomic E-state index is 4.44. The SMILES string of the molecule is CCCCN(C)CCNC(=NC)NCc1sc(C)nc1C.I. The molecule has 0 saturated carbocycles. The lowest BCUT2D eigenvalue weighted by atomic mass is 10.3. The van der Waals surface area contributed by atoms with Gasteiger partial charge in [-0.3, -0.25) is 4.99 Å². The van der Waals surface area contributed by atoms with Crippen molar-refractivity contribution >= 4 is 41.3 Å². The number of nitrogens with one attached hydrogen (secondary N) is 2. The summed E-state index contributed by atoms with van der Waals surface area (Å²) in [5.41, 5.74) is 1.11. The number of unbranched alkanes of at least 4 members (excludes halogenated alkanes) is 1. The Kier molecular flexibility index (Phi) is 11.8. The molecule has 1 aromatic heterocycles. The second kappa shape index (κ2) is 12.1. The van der Waals surface area contributed by atoms with Crippen molar-refractivity contribution in [3.05, 3.63) is 15.6 Å². The van der Waals surface area contributed by atoms with Crippen molar-refractivity contribution in [3.8, 4) is 0 Å². The van der Waals surface area contributed by atoms with E-state index in [1.165, 1.54) is 17.7 Å². The van der Waals surface area contributed by atoms with Crippen molar-refractivity contribution in [3.63, 3.8) is 0 Å². The number of likely N-dealkylation sites (N-methyl/N-ethyl adjacent to an activating group) is 1. The fourth-order valence-electron chi connectivity index (χ4n) is 2.03. The van der Waals surface area contributed by atoms with Gasteiger partial charge in [-0.1, -0.05) is 13.3 Å². The largest absolute Gasteiger partial charge is 0.355 e. The van der Waals surface area contributed by atoms with Gasteiger partial charge in [-0.25, -0.2) is 4.98 Å². The first-order valence-electron chi connectivity index (χ1n) is 7.62. The number of hydrogen-bond donors (Lipinski definition) is 2. The Bertz CT molecular complexity index is 447. The van der Waals surface area contributed by atoms with Gasteiger partial charge in [0.25, 0.3) is 0 Å². The summed E-state index contributed by atoms with van der Waals surface area (Å²) in [6.45, 7) is 10.2. The Morgan fingerprint density at radius 1 is 1.27 bits per heavy atom. The van der Waals surface area contributed by atoms with Crippen molar-refractivity contribution in [1.82, 2.24) is 20.5 Å². The summed E-state index contributed by atoms with van der Waals surface area (Å²) in [5, 5.41) is 7.82. The summed E-state index contributed by atoms with van der Waals surface area (Å²) in [6, 6.07) is 0. The third-order valence-corrected chi connectivity index (χ3v) is 4.39. The number of halogens is 1. The number of aromatic nitrogens is 1. The maximum Gasteiger partial charge on any atom is 0.191 e. The van der Waals surface area contributed by atoms with Gasteiger partial charge in [-0.05, 0) is 33.9 Å². The van der Waals surface area contributed by atoms with Gasteiger partial charge in [0.05, 0.1) is 17.2 Å². The second-order valence-electron chi connectivity index (χ2n) is 5.25. The highest BCUT2D eigenvalue weighted by atomic mass is 127. The molecule has 1 aromatic rings. The molecule has 0 saturated heterocycles. The van der Waals surface area contributed by atoms with Crippen molar-refractivity contribution < 1.29 is 0 Å². The van der Waals surface area contributed by atoms with Gasteiger partial charge < -0.3 is 15.5 Å². The van der Waals surface area contributed by atoms with Crippen LogP contribution in [0.25, 0.3) is 0 Å². The molecule has 0 aliphatic carbocycles. The van der Waals surface area contributed by atoms with Crippen LogP contribution in [0.2, 0.25) is 0 Å². The van der Waals surface area contributed by atoms with Crippen LogP contribution in [0.1, 0.15) is 35.3 Å². The smallest absolute Gasteiger partial charge is 0.191 e. The molecule has 0 amide bonds. The zero-order valence-electron chi connectivity index (χ0n) is 14.4. The number of aryl methyl sites for hydroxylation is 2. The summed E-state index contributed by atoms with van der Waals surface area (Å²) < 4.78 is 0. The fraction of sp³-hybridized carbons (Fsp3) is 0.733. The minimum absolute atomic E-state index is 0. The summed E-state index contributed by atoms with van der Waals surface area (Å²) in [5.74, 6) is 0.851. The van der Waals surface area contributed by atoms with Crippen molar-refractivity contribution in [2.75, 3.05) is 33.7 Å². The molecule has 0 atom stereocenters. The number of nitrogens with zero attached hydrogens (tertiary/aromatic N) is 3. The first kappa shape index (κ1) is 21.6. The van der Waals surface area contributed by atoms with E-state index in [2.05, 4.69) is 46.4 Å². The summed E-state index contributed by atoms with van der Waals surface area (Å²) in [4.78, 5) is 12.3. The number of hydrogen-bond acceptors (Lipinski definition) is 4. The van der Waals surface area contributed by atoms with E-state index >= 15 is 0 Å². The van der Waals surface area contributed by atoms with E-state index in [4.69, 9.17) is 0 Å². The van der Waals surface area contributed by atoms with Gasteiger partial charge in [0, 0.05) is 25.0 Å². The van der Waals surface area contributed by atoms with Crippen LogP contribution in [-0.2, 0) is 6.54 Å². The molecule has 128 valence electrons. The molecule has 0 fully saturated rings. The molecule has 5 nitrogen and oxygen atoms in total. The third kappa shape index (κ3) is 8.28. The molecular formula is C15H30IN5S. The average Bonchev–Trinajstić information content (AvgIpc) is 2.78. The first-order valence-corrected chi connectivity index (χ1v) is 8.44. The molecule has 0 aromatic carbocycles. The Balaban J connectivity index is 0.00000441. The molecule has 2 N–H and O–H groups in total. The first-order chi connectivity index (χ1) is 10.1. The van der Waals surface area contributed by atoms with Gasteiger partial charge in [0.15, 0.2) is 5.96 Å². The lowest BCUT2D eigenvalue weighted by molar-refractivity contribution is 0.332. The molecule has 0 bridgehead atoms. The minimum Gasteiger partial charge on any atom is -0.355 e. The van der Waals surface area contributed by atoms with Crippen LogP contribution in [-0.4, -0.2) is 49.6 Å². The normalized spacial score (nSPS) is 11.5. The lowest BCUT2D eigenvalue weighted by Crippen LogP contribution is -2.40. The van der Waals surface area contributed by atoms with Gasteiger partial charge in [-0.15, -0.1) is 35.3 Å².